The average Bonchev–Trinajstić information content (AvgIpc) is 3.39. The molecule has 0 fully saturated rings. The molecule has 5 aromatic carbocycles. The summed E-state index contributed by atoms with van der Waals surface area (Å²) in [6.07, 6.45) is 9.39. The van der Waals surface area contributed by atoms with E-state index in [4.69, 9.17) is 0 Å². The van der Waals surface area contributed by atoms with Crippen LogP contribution in [-0.2, 0) is 6.42 Å². The largest absolute Gasteiger partial charge is 0.355 e. The van der Waals surface area contributed by atoms with Crippen LogP contribution in [0.4, 0.5) is 11.4 Å². The van der Waals surface area contributed by atoms with E-state index in [1.807, 2.05) is 11.8 Å². The summed E-state index contributed by atoms with van der Waals surface area (Å²) in [5, 5.41) is 2.53. The molecular weight excluding hydrogens is 529 g/mol. The number of hydrogen-bond donors (Lipinski definition) is 1. The number of anilines is 2. The van der Waals surface area contributed by atoms with Gasteiger partial charge < -0.3 is 9.88 Å². The number of nitrogens with zero attached hydrogens (tertiary/aromatic N) is 1. The maximum Gasteiger partial charge on any atom is 0.0507 e. The Kier molecular flexibility index (Phi) is 6.81. The zero-order chi connectivity index (χ0) is 28.6. The fourth-order valence-electron chi connectivity index (χ4n) is 5.84. The standard InChI is InChI=1S/C39H32N2S/c1-26-22-31-15-9-4-6-12-28(3)41(32-20-18-30(19-21-32)29-13-7-5-8-14-29)37(31)25-39(26)42-38-24-34-33-16-10-11-17-35(33)40-36(34)23-27(38)2/h4-14,16-25,40H,3,15H2,1-2H3/b9-4-,12-6-. The number of para-hydroxylation sites is 1. The van der Waals surface area contributed by atoms with Gasteiger partial charge >= 0.3 is 0 Å². The monoisotopic (exact) mass is 560 g/mol. The zero-order valence-corrected chi connectivity index (χ0v) is 24.7. The lowest BCUT2D eigenvalue weighted by atomic mass is 10.0. The third kappa shape index (κ3) is 4.87. The first-order valence-corrected chi connectivity index (χ1v) is 15.2. The van der Waals surface area contributed by atoms with Crippen LogP contribution in [-0.4, -0.2) is 4.98 Å². The van der Waals surface area contributed by atoms with Crippen LogP contribution in [0.25, 0.3) is 32.9 Å². The molecule has 204 valence electrons. The van der Waals surface area contributed by atoms with Crippen LogP contribution in [0, 0.1) is 13.8 Å². The molecule has 0 atom stereocenters. The minimum atomic E-state index is 0.859. The number of rotatable bonds is 4. The third-order valence-corrected chi connectivity index (χ3v) is 9.35. The van der Waals surface area contributed by atoms with Gasteiger partial charge in [0.2, 0.25) is 0 Å². The first kappa shape index (κ1) is 26.2. The minimum absolute atomic E-state index is 0.859. The molecule has 2 heterocycles. The van der Waals surface area contributed by atoms with Crippen molar-refractivity contribution in [3.05, 3.63) is 156 Å². The van der Waals surface area contributed by atoms with Gasteiger partial charge in [-0.2, -0.15) is 0 Å². The van der Waals surface area contributed by atoms with Gasteiger partial charge in [-0.3, -0.25) is 0 Å². The van der Waals surface area contributed by atoms with Gasteiger partial charge in [0.05, 0.1) is 5.69 Å². The molecule has 1 aliphatic heterocycles. The molecule has 0 saturated heterocycles. The summed E-state index contributed by atoms with van der Waals surface area (Å²) in [6.45, 7) is 8.93. The quantitative estimate of drug-likeness (QED) is 0.231. The summed E-state index contributed by atoms with van der Waals surface area (Å²) in [4.78, 5) is 8.41. The molecule has 0 saturated carbocycles. The number of fused-ring (bicyclic) bond motifs is 4. The maximum absolute atomic E-state index is 4.50. The molecule has 7 rings (SSSR count). The molecule has 3 heteroatoms. The van der Waals surface area contributed by atoms with Crippen molar-refractivity contribution < 1.29 is 0 Å². The van der Waals surface area contributed by atoms with Crippen molar-refractivity contribution in [2.45, 2.75) is 30.1 Å². The lowest BCUT2D eigenvalue weighted by Crippen LogP contribution is -2.16. The van der Waals surface area contributed by atoms with E-state index >= 15 is 0 Å². The van der Waals surface area contributed by atoms with Gasteiger partial charge in [-0.1, -0.05) is 103 Å². The first-order valence-electron chi connectivity index (χ1n) is 14.4. The zero-order valence-electron chi connectivity index (χ0n) is 23.9. The fourth-order valence-corrected chi connectivity index (χ4v) is 6.87. The van der Waals surface area contributed by atoms with E-state index < -0.39 is 0 Å². The fraction of sp³-hybridized carbons (Fsp3) is 0.0769. The predicted octanol–water partition coefficient (Wildman–Crippen LogP) is 11.1. The van der Waals surface area contributed by atoms with Crippen LogP contribution in [0.15, 0.2) is 149 Å². The SMILES string of the molecule is C=C1/C=C\C=C/Cc2cc(C)c(Sc3cc4c(cc3C)[nH]c3ccccc34)cc2N1c1ccc(-c2ccccc2)cc1. The number of aryl methyl sites for hydroxylation is 2. The Bertz CT molecular complexity index is 2010. The van der Waals surface area contributed by atoms with Gasteiger partial charge in [0.1, 0.15) is 0 Å². The lowest BCUT2D eigenvalue weighted by molar-refractivity contribution is 1.13. The molecule has 1 aliphatic rings. The highest BCUT2D eigenvalue weighted by Gasteiger charge is 2.19. The number of benzene rings is 5. The third-order valence-electron chi connectivity index (χ3n) is 8.03. The van der Waals surface area contributed by atoms with Crippen LogP contribution in [0.2, 0.25) is 0 Å². The molecule has 0 spiro atoms. The number of nitrogens with one attached hydrogen (secondary N) is 1. The van der Waals surface area contributed by atoms with Gasteiger partial charge in [-0.25, -0.2) is 0 Å². The predicted molar refractivity (Wildman–Crippen MR) is 181 cm³/mol. The highest BCUT2D eigenvalue weighted by atomic mass is 32.2. The maximum atomic E-state index is 4.50. The van der Waals surface area contributed by atoms with Crippen LogP contribution in [0.3, 0.4) is 0 Å². The Morgan fingerprint density at radius 2 is 1.40 bits per heavy atom. The average molecular weight is 561 g/mol. The summed E-state index contributed by atoms with van der Waals surface area (Å²) in [6, 6.07) is 37.2. The van der Waals surface area contributed by atoms with Gasteiger partial charge in [-0.15, -0.1) is 0 Å². The van der Waals surface area contributed by atoms with Gasteiger partial charge in [0, 0.05) is 43.0 Å². The number of hydrogen-bond acceptors (Lipinski definition) is 2. The van der Waals surface area contributed by atoms with Gasteiger partial charge in [-0.05, 0) is 90.6 Å². The molecule has 2 nitrogen and oxygen atoms in total. The molecule has 0 radical (unpaired) electrons. The molecule has 42 heavy (non-hydrogen) atoms. The highest BCUT2D eigenvalue weighted by Crippen LogP contribution is 2.42. The van der Waals surface area contributed by atoms with Crippen molar-refractivity contribution in [3.8, 4) is 11.1 Å². The Labute approximate surface area is 251 Å². The summed E-state index contributed by atoms with van der Waals surface area (Å²) >= 11 is 1.85. The highest BCUT2D eigenvalue weighted by molar-refractivity contribution is 7.99. The molecule has 1 N–H and O–H groups in total. The second-order valence-corrected chi connectivity index (χ2v) is 12.0. The molecule has 0 amide bonds. The van der Waals surface area contributed by atoms with E-state index in [2.05, 4.69) is 158 Å². The second kappa shape index (κ2) is 10.9. The minimum Gasteiger partial charge on any atom is -0.355 e. The Morgan fingerprint density at radius 1 is 0.690 bits per heavy atom. The van der Waals surface area contributed by atoms with E-state index in [-0.39, 0.29) is 0 Å². The molecular formula is C39H32N2S. The van der Waals surface area contributed by atoms with Crippen LogP contribution < -0.4 is 4.90 Å². The Morgan fingerprint density at radius 3 is 2.24 bits per heavy atom. The van der Waals surface area contributed by atoms with Crippen molar-refractivity contribution in [1.29, 1.82) is 0 Å². The van der Waals surface area contributed by atoms with Crippen molar-refractivity contribution in [2.24, 2.45) is 0 Å². The number of H-pyrrole nitrogens is 1. The summed E-state index contributed by atoms with van der Waals surface area (Å²) in [5.41, 5.74) is 11.8. The van der Waals surface area contributed by atoms with Gasteiger partial charge in [0.25, 0.3) is 0 Å². The van der Waals surface area contributed by atoms with Crippen LogP contribution in [0.5, 0.6) is 0 Å². The van der Waals surface area contributed by atoms with Crippen molar-refractivity contribution >= 4 is 44.9 Å². The molecule has 1 aromatic heterocycles. The lowest BCUT2D eigenvalue weighted by Gasteiger charge is -2.29. The number of aromatic amines is 1. The summed E-state index contributed by atoms with van der Waals surface area (Å²) in [7, 11) is 0. The molecule has 0 unspecified atom stereocenters. The van der Waals surface area contributed by atoms with Crippen molar-refractivity contribution in [2.75, 3.05) is 4.90 Å². The molecule has 0 bridgehead atoms. The van der Waals surface area contributed by atoms with E-state index in [9.17, 15) is 0 Å². The normalized spacial score (nSPS) is 14.8. The topological polar surface area (TPSA) is 19.0 Å². The van der Waals surface area contributed by atoms with Crippen LogP contribution in [0.1, 0.15) is 16.7 Å². The van der Waals surface area contributed by atoms with E-state index in [0.717, 1.165) is 17.8 Å². The van der Waals surface area contributed by atoms with E-state index in [1.54, 1.807) is 0 Å². The Balaban J connectivity index is 1.32. The summed E-state index contributed by atoms with van der Waals surface area (Å²) in [5.74, 6) is 0. The Hall–Kier alpha value is -4.73. The number of aromatic nitrogens is 1. The number of allylic oxidation sites excluding steroid dienone is 4. The van der Waals surface area contributed by atoms with Gasteiger partial charge in [0.15, 0.2) is 0 Å². The second-order valence-electron chi connectivity index (χ2n) is 10.9. The first-order chi connectivity index (χ1) is 20.5. The van der Waals surface area contributed by atoms with E-state index in [0.29, 0.717) is 0 Å². The van der Waals surface area contributed by atoms with Crippen molar-refractivity contribution in [1.82, 2.24) is 4.98 Å². The molecule has 0 aliphatic carbocycles. The van der Waals surface area contributed by atoms with Crippen LogP contribution >= 0.6 is 11.8 Å². The van der Waals surface area contributed by atoms with E-state index in [1.165, 1.54) is 65.1 Å². The van der Waals surface area contributed by atoms with Crippen molar-refractivity contribution in [3.63, 3.8) is 0 Å². The molecule has 6 aromatic rings. The smallest absolute Gasteiger partial charge is 0.0507 e. The summed E-state index contributed by atoms with van der Waals surface area (Å²) < 4.78 is 0.